The highest BCUT2D eigenvalue weighted by Crippen LogP contribution is 2.18. The van der Waals surface area contributed by atoms with Crippen LogP contribution in [0.1, 0.15) is 34.6 Å². The molecular weight excluding hydrogens is 238 g/mol. The van der Waals surface area contributed by atoms with Crippen LogP contribution in [0.3, 0.4) is 0 Å². The highest BCUT2D eigenvalue weighted by atomic mass is 16.7. The molecule has 1 unspecified atom stereocenters. The standard InChI is InChI=1S/C12H25NO5/c1-6-15-10(5)12(17-8-3,18-9-4)13-11(14)16-7-2/h10H,6-9H2,1-5H3,(H,13,14). The van der Waals surface area contributed by atoms with E-state index in [9.17, 15) is 4.79 Å². The van der Waals surface area contributed by atoms with Crippen molar-refractivity contribution in [3.63, 3.8) is 0 Å². The van der Waals surface area contributed by atoms with Crippen molar-refractivity contribution in [2.75, 3.05) is 26.4 Å². The Hall–Kier alpha value is -0.850. The molecule has 0 bridgehead atoms. The quantitative estimate of drug-likeness (QED) is 0.643. The van der Waals surface area contributed by atoms with Gasteiger partial charge in [-0.15, -0.1) is 0 Å². The highest BCUT2D eigenvalue weighted by molar-refractivity contribution is 5.67. The normalized spacial score (nSPS) is 13.2. The van der Waals surface area contributed by atoms with E-state index in [4.69, 9.17) is 18.9 Å². The minimum atomic E-state index is -1.31. The van der Waals surface area contributed by atoms with Crippen LogP contribution in [0.5, 0.6) is 0 Å². The van der Waals surface area contributed by atoms with E-state index in [1.165, 1.54) is 0 Å². The van der Waals surface area contributed by atoms with Gasteiger partial charge < -0.3 is 18.9 Å². The Labute approximate surface area is 109 Å². The lowest BCUT2D eigenvalue weighted by atomic mass is 10.3. The van der Waals surface area contributed by atoms with Crippen molar-refractivity contribution in [1.29, 1.82) is 0 Å². The van der Waals surface area contributed by atoms with Crippen molar-refractivity contribution >= 4 is 6.09 Å². The van der Waals surface area contributed by atoms with Crippen molar-refractivity contribution < 1.29 is 23.7 Å². The molecule has 6 nitrogen and oxygen atoms in total. The molecule has 0 heterocycles. The Morgan fingerprint density at radius 3 is 2.00 bits per heavy atom. The molecule has 0 aliphatic heterocycles. The minimum Gasteiger partial charge on any atom is -0.450 e. The molecule has 0 fully saturated rings. The largest absolute Gasteiger partial charge is 0.450 e. The van der Waals surface area contributed by atoms with Gasteiger partial charge in [0.15, 0.2) is 0 Å². The third-order valence-electron chi connectivity index (χ3n) is 2.22. The molecule has 0 rings (SSSR count). The van der Waals surface area contributed by atoms with Crippen LogP contribution < -0.4 is 5.32 Å². The number of amides is 1. The van der Waals surface area contributed by atoms with Gasteiger partial charge in [-0.05, 0) is 34.6 Å². The first kappa shape index (κ1) is 17.2. The molecule has 0 saturated heterocycles. The summed E-state index contributed by atoms with van der Waals surface area (Å²) < 4.78 is 21.4. The fourth-order valence-corrected chi connectivity index (χ4v) is 1.55. The molecule has 108 valence electrons. The molecule has 0 aromatic carbocycles. The number of carbonyl (C=O) groups excluding carboxylic acids is 1. The molecule has 0 aromatic heterocycles. The molecule has 6 heteroatoms. The van der Waals surface area contributed by atoms with Crippen LogP contribution in [-0.4, -0.2) is 44.5 Å². The molecule has 1 atom stereocenters. The first-order chi connectivity index (χ1) is 8.56. The van der Waals surface area contributed by atoms with Gasteiger partial charge >= 0.3 is 6.09 Å². The van der Waals surface area contributed by atoms with Gasteiger partial charge in [-0.3, -0.25) is 5.32 Å². The van der Waals surface area contributed by atoms with Crippen LogP contribution in [0.4, 0.5) is 4.79 Å². The van der Waals surface area contributed by atoms with Crippen LogP contribution in [0, 0.1) is 0 Å². The number of nitrogens with one attached hydrogen (secondary N) is 1. The zero-order valence-electron chi connectivity index (χ0n) is 11.9. The van der Waals surface area contributed by atoms with Crippen LogP contribution in [0.2, 0.25) is 0 Å². The fourth-order valence-electron chi connectivity index (χ4n) is 1.55. The molecular formula is C12H25NO5. The predicted molar refractivity (Wildman–Crippen MR) is 67.2 cm³/mol. The summed E-state index contributed by atoms with van der Waals surface area (Å²) >= 11 is 0. The van der Waals surface area contributed by atoms with Gasteiger partial charge in [-0.25, -0.2) is 4.79 Å². The Morgan fingerprint density at radius 1 is 1.06 bits per heavy atom. The Morgan fingerprint density at radius 2 is 1.61 bits per heavy atom. The fraction of sp³-hybridized carbons (Fsp3) is 0.917. The Bertz CT molecular complexity index is 229. The maximum atomic E-state index is 11.6. The minimum absolute atomic E-state index is 0.281. The highest BCUT2D eigenvalue weighted by Gasteiger charge is 2.41. The summed E-state index contributed by atoms with van der Waals surface area (Å²) in [5.74, 6) is -1.31. The molecule has 0 aliphatic carbocycles. The lowest BCUT2D eigenvalue weighted by Gasteiger charge is -2.37. The predicted octanol–water partition coefficient (Wildman–Crippen LogP) is 1.88. The second-order valence-electron chi connectivity index (χ2n) is 3.48. The number of hydrogen-bond acceptors (Lipinski definition) is 5. The third-order valence-corrected chi connectivity index (χ3v) is 2.22. The van der Waals surface area contributed by atoms with Gasteiger partial charge in [0.25, 0.3) is 5.91 Å². The van der Waals surface area contributed by atoms with Crippen LogP contribution in [0.25, 0.3) is 0 Å². The van der Waals surface area contributed by atoms with E-state index in [1.54, 1.807) is 13.8 Å². The Balaban J connectivity index is 4.87. The van der Waals surface area contributed by atoms with Crippen LogP contribution in [0.15, 0.2) is 0 Å². The van der Waals surface area contributed by atoms with Gasteiger partial charge in [-0.1, -0.05) is 0 Å². The third kappa shape index (κ3) is 5.20. The summed E-state index contributed by atoms with van der Waals surface area (Å²) in [6, 6.07) is 0. The second kappa shape index (κ2) is 9.13. The number of hydrogen-bond donors (Lipinski definition) is 1. The van der Waals surface area contributed by atoms with Crippen molar-refractivity contribution in [3.8, 4) is 0 Å². The summed E-state index contributed by atoms with van der Waals surface area (Å²) in [5, 5.41) is 2.59. The Kier molecular flexibility index (Phi) is 8.70. The van der Waals surface area contributed by atoms with E-state index in [0.29, 0.717) is 19.8 Å². The van der Waals surface area contributed by atoms with Gasteiger partial charge in [0.2, 0.25) is 0 Å². The number of rotatable bonds is 9. The van der Waals surface area contributed by atoms with Crippen LogP contribution >= 0.6 is 0 Å². The van der Waals surface area contributed by atoms with Crippen molar-refractivity contribution in [3.05, 3.63) is 0 Å². The lowest BCUT2D eigenvalue weighted by molar-refractivity contribution is -0.296. The van der Waals surface area contributed by atoms with E-state index >= 15 is 0 Å². The molecule has 1 N–H and O–H groups in total. The van der Waals surface area contributed by atoms with Gasteiger partial charge in [-0.2, -0.15) is 0 Å². The van der Waals surface area contributed by atoms with E-state index < -0.39 is 18.1 Å². The summed E-state index contributed by atoms with van der Waals surface area (Å²) in [6.45, 7) is 10.5. The van der Waals surface area contributed by atoms with Crippen LogP contribution in [-0.2, 0) is 18.9 Å². The lowest BCUT2D eigenvalue weighted by Crippen LogP contribution is -2.60. The monoisotopic (exact) mass is 263 g/mol. The van der Waals surface area contributed by atoms with Crippen molar-refractivity contribution in [2.24, 2.45) is 0 Å². The van der Waals surface area contributed by atoms with E-state index in [2.05, 4.69) is 5.32 Å². The summed E-state index contributed by atoms with van der Waals surface area (Å²) in [7, 11) is 0. The molecule has 18 heavy (non-hydrogen) atoms. The average molecular weight is 263 g/mol. The average Bonchev–Trinajstić information content (AvgIpc) is 2.30. The molecule has 0 saturated carbocycles. The summed E-state index contributed by atoms with van der Waals surface area (Å²) in [5.41, 5.74) is 0. The zero-order valence-corrected chi connectivity index (χ0v) is 11.9. The molecule has 0 radical (unpaired) electrons. The zero-order chi connectivity index (χ0) is 14.0. The first-order valence-electron chi connectivity index (χ1n) is 6.40. The number of ether oxygens (including phenoxy) is 4. The van der Waals surface area contributed by atoms with Crippen molar-refractivity contribution in [1.82, 2.24) is 5.32 Å². The first-order valence-corrected chi connectivity index (χ1v) is 6.40. The number of carbonyl (C=O) groups is 1. The number of alkyl carbamates (subject to hydrolysis) is 1. The van der Waals surface area contributed by atoms with E-state index in [1.807, 2.05) is 20.8 Å². The molecule has 0 spiro atoms. The molecule has 0 aliphatic rings. The van der Waals surface area contributed by atoms with Gasteiger partial charge in [0.1, 0.15) is 6.10 Å². The topological polar surface area (TPSA) is 66.0 Å². The maximum Gasteiger partial charge on any atom is 0.411 e. The molecule has 0 aromatic rings. The summed E-state index contributed by atoms with van der Waals surface area (Å²) in [6.07, 6.45) is -1.04. The SMILES string of the molecule is CCOC(=O)NC(OCC)(OCC)C(C)OCC. The van der Waals surface area contributed by atoms with Crippen molar-refractivity contribution in [2.45, 2.75) is 46.6 Å². The maximum absolute atomic E-state index is 11.6. The van der Waals surface area contributed by atoms with E-state index in [-0.39, 0.29) is 6.61 Å². The van der Waals surface area contributed by atoms with Gasteiger partial charge in [0, 0.05) is 19.8 Å². The summed E-state index contributed by atoms with van der Waals surface area (Å²) in [4.78, 5) is 11.6. The van der Waals surface area contributed by atoms with E-state index in [0.717, 1.165) is 0 Å². The second-order valence-corrected chi connectivity index (χ2v) is 3.48. The smallest absolute Gasteiger partial charge is 0.411 e. The molecule has 1 amide bonds. The van der Waals surface area contributed by atoms with Gasteiger partial charge in [0.05, 0.1) is 6.61 Å².